The van der Waals surface area contributed by atoms with Crippen molar-refractivity contribution in [1.82, 2.24) is 5.32 Å². The van der Waals surface area contributed by atoms with E-state index in [9.17, 15) is 14.4 Å². The van der Waals surface area contributed by atoms with Gasteiger partial charge >= 0.3 is 0 Å². The van der Waals surface area contributed by atoms with Gasteiger partial charge in [-0.2, -0.15) is 0 Å². The third-order valence-corrected chi connectivity index (χ3v) is 3.10. The molecule has 0 radical (unpaired) electrons. The molecule has 0 aromatic heterocycles. The molecular formula is C11H6ClNO3S. The number of ketones is 1. The van der Waals surface area contributed by atoms with Crippen LogP contribution in [0.15, 0.2) is 35.2 Å². The molecule has 4 nitrogen and oxygen atoms in total. The fourth-order valence-corrected chi connectivity index (χ4v) is 2.02. The number of halogens is 1. The molecule has 1 heterocycles. The summed E-state index contributed by atoms with van der Waals surface area (Å²) in [6, 6.07) is 6.28. The molecule has 86 valence electrons. The van der Waals surface area contributed by atoms with Crippen molar-refractivity contribution in [3.05, 3.63) is 45.8 Å². The fourth-order valence-electron chi connectivity index (χ4n) is 1.24. The van der Waals surface area contributed by atoms with E-state index in [1.165, 1.54) is 0 Å². The molecule has 1 fully saturated rings. The third kappa shape index (κ3) is 2.75. The largest absolute Gasteiger partial charge is 0.290 e. The van der Waals surface area contributed by atoms with Gasteiger partial charge in [-0.1, -0.05) is 11.6 Å². The number of imide groups is 1. The first-order chi connectivity index (χ1) is 8.06. The van der Waals surface area contributed by atoms with Crippen LogP contribution >= 0.6 is 23.4 Å². The molecule has 17 heavy (non-hydrogen) atoms. The highest BCUT2D eigenvalue weighted by Crippen LogP contribution is 2.23. The zero-order valence-electron chi connectivity index (χ0n) is 8.40. The predicted octanol–water partition coefficient (Wildman–Crippen LogP) is 2.39. The second kappa shape index (κ2) is 4.73. The summed E-state index contributed by atoms with van der Waals surface area (Å²) in [6.45, 7) is 0. The summed E-state index contributed by atoms with van der Waals surface area (Å²) in [5.41, 5.74) is 0.412. The van der Waals surface area contributed by atoms with Gasteiger partial charge in [0.2, 0.25) is 0 Å². The summed E-state index contributed by atoms with van der Waals surface area (Å²) in [6.07, 6.45) is 1.15. The highest BCUT2D eigenvalue weighted by Gasteiger charge is 2.25. The Bertz CT molecular complexity index is 536. The predicted molar refractivity (Wildman–Crippen MR) is 65.0 cm³/mol. The van der Waals surface area contributed by atoms with Gasteiger partial charge < -0.3 is 0 Å². The fraction of sp³-hybridized carbons (Fsp3) is 0. The lowest BCUT2D eigenvalue weighted by molar-refractivity contribution is -0.115. The van der Waals surface area contributed by atoms with Gasteiger partial charge in [-0.3, -0.25) is 19.7 Å². The Labute approximate surface area is 106 Å². The van der Waals surface area contributed by atoms with Crippen LogP contribution in [0.4, 0.5) is 4.79 Å². The monoisotopic (exact) mass is 267 g/mol. The Hall–Kier alpha value is -1.59. The summed E-state index contributed by atoms with van der Waals surface area (Å²) in [7, 11) is 0. The molecule has 0 atom stereocenters. The first-order valence-corrected chi connectivity index (χ1v) is 5.80. The minimum absolute atomic E-state index is 0.106. The molecule has 1 saturated heterocycles. The quantitative estimate of drug-likeness (QED) is 0.660. The minimum Gasteiger partial charge on any atom is -0.289 e. The maximum atomic E-state index is 11.7. The highest BCUT2D eigenvalue weighted by molar-refractivity contribution is 8.18. The maximum Gasteiger partial charge on any atom is 0.290 e. The van der Waals surface area contributed by atoms with Crippen LogP contribution in [-0.4, -0.2) is 16.9 Å². The van der Waals surface area contributed by atoms with Crippen LogP contribution in [0.25, 0.3) is 0 Å². The number of carbonyl (C=O) groups is 3. The number of nitrogens with one attached hydrogen (secondary N) is 1. The zero-order chi connectivity index (χ0) is 12.4. The van der Waals surface area contributed by atoms with Gasteiger partial charge in [-0.15, -0.1) is 0 Å². The molecule has 0 saturated carbocycles. The molecule has 0 bridgehead atoms. The lowest BCUT2D eigenvalue weighted by Gasteiger charge is -1.96. The van der Waals surface area contributed by atoms with E-state index < -0.39 is 11.1 Å². The van der Waals surface area contributed by atoms with Crippen LogP contribution in [0.1, 0.15) is 10.4 Å². The van der Waals surface area contributed by atoms with E-state index in [-0.39, 0.29) is 10.7 Å². The Morgan fingerprint density at radius 3 is 2.41 bits per heavy atom. The van der Waals surface area contributed by atoms with E-state index in [2.05, 4.69) is 5.32 Å². The van der Waals surface area contributed by atoms with Gasteiger partial charge in [-0.05, 0) is 36.0 Å². The molecule has 0 spiro atoms. The first kappa shape index (κ1) is 11.9. The van der Waals surface area contributed by atoms with Gasteiger partial charge in [-0.25, -0.2) is 0 Å². The van der Waals surface area contributed by atoms with Gasteiger partial charge in [0.05, 0.1) is 4.91 Å². The lowest BCUT2D eigenvalue weighted by atomic mass is 10.1. The summed E-state index contributed by atoms with van der Waals surface area (Å²) in [5, 5.41) is 2.13. The number of carbonyl (C=O) groups excluding carboxylic acids is 3. The number of thioether (sulfide) groups is 1. The zero-order valence-corrected chi connectivity index (χ0v) is 9.97. The normalized spacial score (nSPS) is 17.4. The van der Waals surface area contributed by atoms with E-state index in [1.807, 2.05) is 0 Å². The summed E-state index contributed by atoms with van der Waals surface area (Å²) in [4.78, 5) is 33.9. The van der Waals surface area contributed by atoms with Crippen molar-refractivity contribution in [3.63, 3.8) is 0 Å². The van der Waals surface area contributed by atoms with E-state index in [4.69, 9.17) is 11.6 Å². The Balaban J connectivity index is 2.22. The van der Waals surface area contributed by atoms with Crippen LogP contribution in [0.2, 0.25) is 5.02 Å². The average molecular weight is 268 g/mol. The van der Waals surface area contributed by atoms with E-state index in [1.54, 1.807) is 24.3 Å². The number of hydrogen-bond acceptors (Lipinski definition) is 4. The SMILES string of the molecule is O=C1NC(=O)/C(=C\C(=O)c2ccc(Cl)cc2)S1. The molecule has 0 aliphatic carbocycles. The second-order valence-corrected chi connectivity index (χ2v) is 4.67. The molecule has 6 heteroatoms. The molecule has 2 rings (SSSR count). The van der Waals surface area contributed by atoms with Gasteiger partial charge in [0.25, 0.3) is 11.1 Å². The van der Waals surface area contributed by atoms with Gasteiger partial charge in [0.15, 0.2) is 5.78 Å². The van der Waals surface area contributed by atoms with Crippen molar-refractivity contribution in [3.8, 4) is 0 Å². The van der Waals surface area contributed by atoms with Crippen molar-refractivity contribution in [1.29, 1.82) is 0 Å². The van der Waals surface area contributed by atoms with Crippen molar-refractivity contribution >= 4 is 40.3 Å². The van der Waals surface area contributed by atoms with E-state index in [0.29, 0.717) is 22.3 Å². The number of amides is 2. The molecule has 1 aliphatic heterocycles. The van der Waals surface area contributed by atoms with Gasteiger partial charge in [0, 0.05) is 16.7 Å². The van der Waals surface area contributed by atoms with Crippen molar-refractivity contribution in [2.75, 3.05) is 0 Å². The van der Waals surface area contributed by atoms with Crippen molar-refractivity contribution in [2.45, 2.75) is 0 Å². The number of hydrogen-bond donors (Lipinski definition) is 1. The van der Waals surface area contributed by atoms with Crippen molar-refractivity contribution < 1.29 is 14.4 Å². The van der Waals surface area contributed by atoms with E-state index >= 15 is 0 Å². The minimum atomic E-state index is -0.540. The summed E-state index contributed by atoms with van der Waals surface area (Å²) in [5.74, 6) is -0.878. The molecule has 1 aliphatic rings. The molecule has 1 N–H and O–H groups in total. The molecule has 1 aromatic carbocycles. The molecule has 1 aromatic rings. The van der Waals surface area contributed by atoms with Crippen LogP contribution in [-0.2, 0) is 4.79 Å². The summed E-state index contributed by atoms with van der Waals surface area (Å²) < 4.78 is 0. The summed E-state index contributed by atoms with van der Waals surface area (Å²) >= 11 is 6.40. The van der Waals surface area contributed by atoms with Crippen molar-refractivity contribution in [2.24, 2.45) is 0 Å². The first-order valence-electron chi connectivity index (χ1n) is 4.61. The number of allylic oxidation sites excluding steroid dienone is 1. The van der Waals surface area contributed by atoms with Crippen LogP contribution < -0.4 is 5.32 Å². The maximum absolute atomic E-state index is 11.7. The van der Waals surface area contributed by atoms with Crippen LogP contribution in [0.5, 0.6) is 0 Å². The molecular weight excluding hydrogens is 262 g/mol. The smallest absolute Gasteiger partial charge is 0.289 e. The number of rotatable bonds is 2. The Kier molecular flexibility index (Phi) is 3.31. The second-order valence-electron chi connectivity index (χ2n) is 3.22. The topological polar surface area (TPSA) is 63.2 Å². The number of benzene rings is 1. The Morgan fingerprint density at radius 1 is 1.24 bits per heavy atom. The molecule has 2 amide bonds. The van der Waals surface area contributed by atoms with E-state index in [0.717, 1.165) is 6.08 Å². The lowest BCUT2D eigenvalue weighted by Crippen LogP contribution is -2.18. The highest BCUT2D eigenvalue weighted by atomic mass is 35.5. The molecule has 0 unspecified atom stereocenters. The Morgan fingerprint density at radius 2 is 1.88 bits per heavy atom. The average Bonchev–Trinajstić information content (AvgIpc) is 2.58. The van der Waals surface area contributed by atoms with Crippen LogP contribution in [0.3, 0.4) is 0 Å². The standard InChI is InChI=1S/C11H6ClNO3S/c12-7-3-1-6(2-4-7)8(14)5-9-10(15)13-11(16)17-9/h1-5H,(H,13,15,16)/b9-5+. The third-order valence-electron chi connectivity index (χ3n) is 2.03. The van der Waals surface area contributed by atoms with Gasteiger partial charge in [0.1, 0.15) is 0 Å². The van der Waals surface area contributed by atoms with Crippen LogP contribution in [0, 0.1) is 0 Å².